The molecule has 1 saturated carbocycles. The number of hydrogen-bond acceptors (Lipinski definition) is 4. The average Bonchev–Trinajstić information content (AvgIpc) is 2.64. The van der Waals surface area contributed by atoms with Crippen LogP contribution in [-0.4, -0.2) is 39.0 Å². The lowest BCUT2D eigenvalue weighted by Gasteiger charge is -2.20. The monoisotopic (exact) mass is 200 g/mol. The predicted molar refractivity (Wildman–Crippen MR) is 48.8 cm³/mol. The van der Waals surface area contributed by atoms with E-state index in [1.807, 2.05) is 0 Å². The summed E-state index contributed by atoms with van der Waals surface area (Å²) in [4.78, 5) is 11.1. The molecule has 0 radical (unpaired) electrons. The van der Waals surface area contributed by atoms with Gasteiger partial charge in [0.25, 0.3) is 0 Å². The Balaban J connectivity index is 2.06. The summed E-state index contributed by atoms with van der Waals surface area (Å²) in [5, 5.41) is 0. The topological polar surface area (TPSA) is 44.8 Å². The van der Waals surface area contributed by atoms with Crippen LogP contribution in [0.3, 0.4) is 0 Å². The van der Waals surface area contributed by atoms with Gasteiger partial charge < -0.3 is 14.2 Å². The summed E-state index contributed by atoms with van der Waals surface area (Å²) < 4.78 is 15.8. The van der Waals surface area contributed by atoms with Gasteiger partial charge in [0, 0.05) is 32.5 Å². The molecule has 0 spiro atoms. The molecule has 0 aromatic heterocycles. The maximum absolute atomic E-state index is 11.1. The van der Waals surface area contributed by atoms with Crippen molar-refractivity contribution in [1.29, 1.82) is 0 Å². The molecule has 1 aliphatic carbocycles. The fourth-order valence-corrected chi connectivity index (χ4v) is 2.65. The number of fused-ring (bicyclic) bond motifs is 1. The second-order valence-corrected chi connectivity index (χ2v) is 4.03. The lowest BCUT2D eigenvalue weighted by atomic mass is 9.93. The number of carbonyl (C=O) groups is 1. The molecule has 2 unspecified atom stereocenters. The summed E-state index contributed by atoms with van der Waals surface area (Å²) in [6.45, 7) is 0.649. The molecule has 0 amide bonds. The maximum atomic E-state index is 11.1. The van der Waals surface area contributed by atoms with Crippen LogP contribution >= 0.6 is 0 Å². The zero-order chi connectivity index (χ0) is 10.1. The smallest absolute Gasteiger partial charge is 0.306 e. The van der Waals surface area contributed by atoms with Crippen LogP contribution in [0.4, 0.5) is 0 Å². The molecule has 0 bridgehead atoms. The van der Waals surface area contributed by atoms with E-state index in [9.17, 15) is 4.79 Å². The molecule has 80 valence electrons. The largest absolute Gasteiger partial charge is 0.462 e. The summed E-state index contributed by atoms with van der Waals surface area (Å²) in [5.74, 6) is 0.532. The highest BCUT2D eigenvalue weighted by molar-refractivity contribution is 5.72. The molecular formula is C10H16O4. The molecule has 2 aliphatic rings. The van der Waals surface area contributed by atoms with E-state index in [2.05, 4.69) is 0 Å². The SMILES string of the molecule is COC[C@H]1C(OC)CC2OC(=O)C[C@@H]21. The highest BCUT2D eigenvalue weighted by Gasteiger charge is 2.50. The van der Waals surface area contributed by atoms with Gasteiger partial charge in [-0.05, 0) is 0 Å². The van der Waals surface area contributed by atoms with Crippen LogP contribution < -0.4 is 0 Å². The van der Waals surface area contributed by atoms with Crippen molar-refractivity contribution in [2.75, 3.05) is 20.8 Å². The van der Waals surface area contributed by atoms with Crippen LogP contribution in [0, 0.1) is 11.8 Å². The van der Waals surface area contributed by atoms with E-state index in [1.165, 1.54) is 0 Å². The van der Waals surface area contributed by atoms with Crippen LogP contribution in [0.1, 0.15) is 12.8 Å². The molecule has 4 nitrogen and oxygen atoms in total. The zero-order valence-corrected chi connectivity index (χ0v) is 8.56. The standard InChI is InChI=1S/C10H16O4/c1-12-5-7-6-3-10(11)14-9(6)4-8(7)13-2/h6-9H,3-5H2,1-2H3/t6-,7-,8?,9?/m1/s1. The Morgan fingerprint density at radius 3 is 2.93 bits per heavy atom. The van der Waals surface area contributed by atoms with Gasteiger partial charge >= 0.3 is 5.97 Å². The molecular weight excluding hydrogens is 184 g/mol. The van der Waals surface area contributed by atoms with Gasteiger partial charge in [0.2, 0.25) is 0 Å². The Labute approximate surface area is 83.5 Å². The number of methoxy groups -OCH3 is 2. The van der Waals surface area contributed by atoms with Crippen molar-refractivity contribution in [1.82, 2.24) is 0 Å². The minimum absolute atomic E-state index is 0.0626. The van der Waals surface area contributed by atoms with E-state index in [-0.39, 0.29) is 18.2 Å². The Bertz CT molecular complexity index is 228. The van der Waals surface area contributed by atoms with Crippen molar-refractivity contribution in [3.63, 3.8) is 0 Å². The fraction of sp³-hybridized carbons (Fsp3) is 0.900. The van der Waals surface area contributed by atoms with Crippen LogP contribution in [0.15, 0.2) is 0 Å². The van der Waals surface area contributed by atoms with Crippen molar-refractivity contribution in [3.8, 4) is 0 Å². The fourth-order valence-electron chi connectivity index (χ4n) is 2.65. The van der Waals surface area contributed by atoms with Gasteiger partial charge in [-0.2, -0.15) is 0 Å². The van der Waals surface area contributed by atoms with Gasteiger partial charge in [-0.1, -0.05) is 0 Å². The number of rotatable bonds is 3. The normalized spacial score (nSPS) is 41.1. The third-order valence-electron chi connectivity index (χ3n) is 3.32. The van der Waals surface area contributed by atoms with E-state index in [0.29, 0.717) is 24.9 Å². The highest BCUT2D eigenvalue weighted by Crippen LogP contribution is 2.42. The second kappa shape index (κ2) is 3.87. The molecule has 2 fully saturated rings. The maximum Gasteiger partial charge on any atom is 0.306 e. The minimum Gasteiger partial charge on any atom is -0.462 e. The molecule has 14 heavy (non-hydrogen) atoms. The molecule has 0 aromatic carbocycles. The predicted octanol–water partition coefficient (Wildman–Crippen LogP) is 0.599. The lowest BCUT2D eigenvalue weighted by Crippen LogP contribution is -2.26. The second-order valence-electron chi connectivity index (χ2n) is 4.03. The van der Waals surface area contributed by atoms with Gasteiger partial charge in [0.1, 0.15) is 6.10 Å². The lowest BCUT2D eigenvalue weighted by molar-refractivity contribution is -0.142. The summed E-state index contributed by atoms with van der Waals surface area (Å²) in [6, 6.07) is 0. The van der Waals surface area contributed by atoms with E-state index < -0.39 is 0 Å². The first-order chi connectivity index (χ1) is 6.76. The van der Waals surface area contributed by atoms with Gasteiger partial charge in [-0.15, -0.1) is 0 Å². The number of esters is 1. The Hall–Kier alpha value is -0.610. The Morgan fingerprint density at radius 1 is 1.50 bits per heavy atom. The van der Waals surface area contributed by atoms with Crippen LogP contribution in [0.25, 0.3) is 0 Å². The van der Waals surface area contributed by atoms with Gasteiger partial charge in [0.15, 0.2) is 0 Å². The van der Waals surface area contributed by atoms with Gasteiger partial charge in [-0.25, -0.2) is 0 Å². The number of carbonyl (C=O) groups excluding carboxylic acids is 1. The van der Waals surface area contributed by atoms with Gasteiger partial charge in [0.05, 0.1) is 19.1 Å². The quantitative estimate of drug-likeness (QED) is 0.626. The van der Waals surface area contributed by atoms with Crippen LogP contribution in [-0.2, 0) is 19.0 Å². The highest BCUT2D eigenvalue weighted by atomic mass is 16.6. The third-order valence-corrected chi connectivity index (χ3v) is 3.32. The van der Waals surface area contributed by atoms with Crippen molar-refractivity contribution in [3.05, 3.63) is 0 Å². The average molecular weight is 200 g/mol. The summed E-state index contributed by atoms with van der Waals surface area (Å²) in [6.07, 6.45) is 1.59. The zero-order valence-electron chi connectivity index (χ0n) is 8.56. The molecule has 4 atom stereocenters. The molecule has 1 saturated heterocycles. The van der Waals surface area contributed by atoms with Crippen LogP contribution in [0.2, 0.25) is 0 Å². The molecule has 4 heteroatoms. The molecule has 0 aromatic rings. The van der Waals surface area contributed by atoms with Crippen molar-refractivity contribution >= 4 is 5.97 Å². The van der Waals surface area contributed by atoms with Crippen LogP contribution in [0.5, 0.6) is 0 Å². The molecule has 0 N–H and O–H groups in total. The minimum atomic E-state index is -0.0735. The van der Waals surface area contributed by atoms with E-state index >= 15 is 0 Å². The summed E-state index contributed by atoms with van der Waals surface area (Å²) in [5.41, 5.74) is 0. The van der Waals surface area contributed by atoms with Gasteiger partial charge in [-0.3, -0.25) is 4.79 Å². The number of hydrogen-bond donors (Lipinski definition) is 0. The first kappa shape index (κ1) is 9.93. The first-order valence-corrected chi connectivity index (χ1v) is 4.97. The van der Waals surface area contributed by atoms with Crippen molar-refractivity contribution in [2.24, 2.45) is 11.8 Å². The van der Waals surface area contributed by atoms with Crippen molar-refractivity contribution < 1.29 is 19.0 Å². The van der Waals surface area contributed by atoms with E-state index in [1.54, 1.807) is 14.2 Å². The van der Waals surface area contributed by atoms with E-state index in [4.69, 9.17) is 14.2 Å². The van der Waals surface area contributed by atoms with E-state index in [0.717, 1.165) is 6.42 Å². The Morgan fingerprint density at radius 2 is 2.29 bits per heavy atom. The Kier molecular flexibility index (Phi) is 2.74. The summed E-state index contributed by atoms with van der Waals surface area (Å²) >= 11 is 0. The number of ether oxygens (including phenoxy) is 3. The molecule has 2 rings (SSSR count). The first-order valence-electron chi connectivity index (χ1n) is 4.97. The summed E-state index contributed by atoms with van der Waals surface area (Å²) in [7, 11) is 3.38. The van der Waals surface area contributed by atoms with Crippen molar-refractivity contribution in [2.45, 2.75) is 25.0 Å². The molecule has 1 aliphatic heterocycles. The third kappa shape index (κ3) is 1.53. The molecule has 1 heterocycles.